The van der Waals surface area contributed by atoms with Gasteiger partial charge in [0.05, 0.1) is 39.5 Å². The third-order valence-corrected chi connectivity index (χ3v) is 5.25. The van der Waals surface area contributed by atoms with Crippen molar-refractivity contribution in [1.82, 2.24) is 4.90 Å². The van der Waals surface area contributed by atoms with E-state index in [4.69, 9.17) is 14.2 Å². The Morgan fingerprint density at radius 3 is 2.25 bits per heavy atom. The molecule has 32 heavy (non-hydrogen) atoms. The molecule has 2 aromatic rings. The lowest BCUT2D eigenvalue weighted by Gasteiger charge is -2.22. The van der Waals surface area contributed by atoms with Crippen LogP contribution in [0, 0.1) is 5.92 Å². The standard InChI is InChI=1S/C23H27N3O6/c1-25(14-20(27)24-16-8-6-5-7-9-16)23(29)15-10-21(28)26(13-15)17-11-18(30-2)22(32-4)19(12-17)31-3/h5-9,11-12,15H,10,13-14H2,1-4H3,(H,24,27). The first-order valence-corrected chi connectivity index (χ1v) is 10.1. The molecule has 0 aliphatic carbocycles. The van der Waals surface area contributed by atoms with Crippen molar-refractivity contribution in [3.63, 3.8) is 0 Å². The molecular formula is C23H27N3O6. The second kappa shape index (κ2) is 10.0. The lowest BCUT2D eigenvalue weighted by molar-refractivity contribution is -0.137. The molecule has 1 atom stereocenters. The number of nitrogens with zero attached hydrogens (tertiary/aromatic N) is 2. The van der Waals surface area contributed by atoms with Crippen molar-refractivity contribution >= 4 is 29.1 Å². The van der Waals surface area contributed by atoms with Crippen LogP contribution < -0.4 is 24.4 Å². The first kappa shape index (κ1) is 22.9. The second-order valence-electron chi connectivity index (χ2n) is 7.40. The van der Waals surface area contributed by atoms with E-state index in [2.05, 4.69) is 5.32 Å². The average molecular weight is 441 g/mol. The van der Waals surface area contributed by atoms with Crippen LogP contribution in [0.1, 0.15) is 6.42 Å². The van der Waals surface area contributed by atoms with E-state index in [9.17, 15) is 14.4 Å². The number of benzene rings is 2. The van der Waals surface area contributed by atoms with Gasteiger partial charge in [-0.25, -0.2) is 0 Å². The molecule has 0 bridgehead atoms. The largest absolute Gasteiger partial charge is 0.493 e. The quantitative estimate of drug-likeness (QED) is 0.674. The Hall–Kier alpha value is -3.75. The van der Waals surface area contributed by atoms with Gasteiger partial charge in [0.15, 0.2) is 11.5 Å². The molecular weight excluding hydrogens is 414 g/mol. The molecule has 1 aliphatic heterocycles. The number of carbonyl (C=O) groups is 3. The Labute approximate surface area is 186 Å². The number of nitrogens with one attached hydrogen (secondary N) is 1. The van der Waals surface area contributed by atoms with Gasteiger partial charge < -0.3 is 29.3 Å². The van der Waals surface area contributed by atoms with Gasteiger partial charge >= 0.3 is 0 Å². The summed E-state index contributed by atoms with van der Waals surface area (Å²) in [5, 5.41) is 2.75. The van der Waals surface area contributed by atoms with Crippen LogP contribution in [0.3, 0.4) is 0 Å². The smallest absolute Gasteiger partial charge is 0.243 e. The molecule has 2 aromatic carbocycles. The highest BCUT2D eigenvalue weighted by Gasteiger charge is 2.37. The van der Waals surface area contributed by atoms with E-state index in [1.54, 1.807) is 31.3 Å². The Morgan fingerprint density at radius 2 is 1.69 bits per heavy atom. The summed E-state index contributed by atoms with van der Waals surface area (Å²) in [5.74, 6) is -0.0781. The summed E-state index contributed by atoms with van der Waals surface area (Å²) in [6.07, 6.45) is 0.0557. The van der Waals surface area contributed by atoms with Gasteiger partial charge in [-0.05, 0) is 12.1 Å². The van der Waals surface area contributed by atoms with Crippen molar-refractivity contribution in [2.24, 2.45) is 5.92 Å². The number of hydrogen-bond acceptors (Lipinski definition) is 6. The van der Waals surface area contributed by atoms with Crippen LogP contribution in [0.2, 0.25) is 0 Å². The van der Waals surface area contributed by atoms with Crippen LogP contribution in [0.5, 0.6) is 17.2 Å². The molecule has 1 aliphatic rings. The van der Waals surface area contributed by atoms with Crippen LogP contribution in [0.15, 0.2) is 42.5 Å². The molecule has 1 heterocycles. The van der Waals surface area contributed by atoms with Crippen LogP contribution in [-0.2, 0) is 14.4 Å². The van der Waals surface area contributed by atoms with E-state index in [0.717, 1.165) is 0 Å². The van der Waals surface area contributed by atoms with Crippen molar-refractivity contribution in [1.29, 1.82) is 0 Å². The number of likely N-dealkylation sites (N-methyl/N-ethyl adjacent to an activating group) is 1. The minimum Gasteiger partial charge on any atom is -0.493 e. The second-order valence-corrected chi connectivity index (χ2v) is 7.40. The summed E-state index contributed by atoms with van der Waals surface area (Å²) in [6.45, 7) is 0.0869. The van der Waals surface area contributed by atoms with Crippen molar-refractivity contribution in [3.8, 4) is 17.2 Å². The van der Waals surface area contributed by atoms with Crippen LogP contribution >= 0.6 is 0 Å². The number of rotatable bonds is 8. The Morgan fingerprint density at radius 1 is 1.06 bits per heavy atom. The van der Waals surface area contributed by atoms with E-state index >= 15 is 0 Å². The van der Waals surface area contributed by atoms with Gasteiger partial charge in [0, 0.05) is 37.8 Å². The minimum absolute atomic E-state index is 0.0557. The summed E-state index contributed by atoms with van der Waals surface area (Å²) in [4.78, 5) is 40.7. The molecule has 9 heteroatoms. The van der Waals surface area contributed by atoms with E-state index in [1.807, 2.05) is 18.2 Å². The summed E-state index contributed by atoms with van der Waals surface area (Å²) in [5.41, 5.74) is 1.20. The third-order valence-electron chi connectivity index (χ3n) is 5.25. The van der Waals surface area contributed by atoms with Gasteiger partial charge in [-0.15, -0.1) is 0 Å². The van der Waals surface area contributed by atoms with E-state index < -0.39 is 5.92 Å². The highest BCUT2D eigenvalue weighted by Crippen LogP contribution is 2.42. The SMILES string of the molecule is COc1cc(N2CC(C(=O)N(C)CC(=O)Nc3ccccc3)CC2=O)cc(OC)c1OC. The number of hydrogen-bond donors (Lipinski definition) is 1. The molecule has 0 saturated carbocycles. The zero-order valence-corrected chi connectivity index (χ0v) is 18.6. The number of amides is 3. The molecule has 1 unspecified atom stereocenters. The molecule has 3 rings (SSSR count). The predicted octanol–water partition coefficient (Wildman–Crippen LogP) is 2.16. The van der Waals surface area contributed by atoms with E-state index in [1.165, 1.54) is 31.1 Å². The van der Waals surface area contributed by atoms with Crippen molar-refractivity contribution < 1.29 is 28.6 Å². The zero-order chi connectivity index (χ0) is 23.3. The maximum Gasteiger partial charge on any atom is 0.243 e. The monoisotopic (exact) mass is 441 g/mol. The Balaban J connectivity index is 1.68. The zero-order valence-electron chi connectivity index (χ0n) is 18.6. The molecule has 1 saturated heterocycles. The number of para-hydroxylation sites is 1. The van der Waals surface area contributed by atoms with Gasteiger partial charge in [-0.1, -0.05) is 18.2 Å². The number of ether oxygens (including phenoxy) is 3. The van der Waals surface area contributed by atoms with Gasteiger partial charge in [-0.3, -0.25) is 14.4 Å². The molecule has 0 aromatic heterocycles. The lowest BCUT2D eigenvalue weighted by Crippen LogP contribution is -2.39. The molecule has 0 radical (unpaired) electrons. The fourth-order valence-corrected chi connectivity index (χ4v) is 3.67. The number of methoxy groups -OCH3 is 3. The van der Waals surface area contributed by atoms with Crippen LogP contribution in [-0.4, -0.2) is 64.1 Å². The fourth-order valence-electron chi connectivity index (χ4n) is 3.67. The van der Waals surface area contributed by atoms with Gasteiger partial charge in [0.1, 0.15) is 0 Å². The molecule has 0 spiro atoms. The fraction of sp³-hybridized carbons (Fsp3) is 0.348. The highest BCUT2D eigenvalue weighted by atomic mass is 16.5. The number of carbonyl (C=O) groups excluding carboxylic acids is 3. The van der Waals surface area contributed by atoms with Crippen LogP contribution in [0.25, 0.3) is 0 Å². The summed E-state index contributed by atoms with van der Waals surface area (Å²) < 4.78 is 16.0. The molecule has 3 amide bonds. The van der Waals surface area contributed by atoms with Crippen LogP contribution in [0.4, 0.5) is 11.4 Å². The van der Waals surface area contributed by atoms with E-state index in [0.29, 0.717) is 28.6 Å². The first-order valence-electron chi connectivity index (χ1n) is 10.1. The maximum absolute atomic E-state index is 12.9. The maximum atomic E-state index is 12.9. The van der Waals surface area contributed by atoms with Crippen molar-refractivity contribution in [3.05, 3.63) is 42.5 Å². The topological polar surface area (TPSA) is 97.4 Å². The predicted molar refractivity (Wildman–Crippen MR) is 119 cm³/mol. The molecule has 170 valence electrons. The van der Waals surface area contributed by atoms with E-state index in [-0.39, 0.29) is 37.2 Å². The lowest BCUT2D eigenvalue weighted by atomic mass is 10.1. The Kier molecular flexibility index (Phi) is 7.19. The van der Waals surface area contributed by atoms with Crippen molar-refractivity contribution in [2.45, 2.75) is 6.42 Å². The summed E-state index contributed by atoms with van der Waals surface area (Å²) in [7, 11) is 6.04. The number of anilines is 2. The molecule has 9 nitrogen and oxygen atoms in total. The summed E-state index contributed by atoms with van der Waals surface area (Å²) >= 11 is 0. The normalized spacial score (nSPS) is 15.3. The van der Waals surface area contributed by atoms with Gasteiger partial charge in [0.25, 0.3) is 0 Å². The van der Waals surface area contributed by atoms with Crippen molar-refractivity contribution in [2.75, 3.05) is 51.7 Å². The molecule has 1 fully saturated rings. The molecule has 1 N–H and O–H groups in total. The minimum atomic E-state index is -0.559. The highest BCUT2D eigenvalue weighted by molar-refractivity contribution is 6.01. The first-order chi connectivity index (χ1) is 15.4. The summed E-state index contributed by atoms with van der Waals surface area (Å²) in [6, 6.07) is 12.3. The van der Waals surface area contributed by atoms with Gasteiger partial charge in [-0.2, -0.15) is 0 Å². The third kappa shape index (κ3) is 4.93. The Bertz CT molecular complexity index is 969. The average Bonchev–Trinajstić information content (AvgIpc) is 3.19. The van der Waals surface area contributed by atoms with Gasteiger partial charge in [0.2, 0.25) is 23.5 Å².